The average molecular weight is 414 g/mol. The Bertz CT molecular complexity index is 748. The number of nitrogens with zero attached hydrogens (tertiary/aromatic N) is 3. The normalized spacial score (nSPS) is 36.9. The van der Waals surface area contributed by atoms with Crippen LogP contribution in [0.25, 0.3) is 0 Å². The minimum absolute atomic E-state index is 0.0657. The maximum Gasteiger partial charge on any atom is 0.187 e. The van der Waals surface area contributed by atoms with Crippen molar-refractivity contribution in [2.75, 3.05) is 52.4 Å². The van der Waals surface area contributed by atoms with Crippen molar-refractivity contribution in [3.63, 3.8) is 0 Å². The van der Waals surface area contributed by atoms with E-state index in [2.05, 4.69) is 50.9 Å². The maximum atomic E-state index is 5.67. The molecule has 4 bridgehead atoms. The van der Waals surface area contributed by atoms with Gasteiger partial charge in [-0.1, -0.05) is 30.3 Å². The Kier molecular flexibility index (Phi) is 5.56. The van der Waals surface area contributed by atoms with Gasteiger partial charge in [0, 0.05) is 63.8 Å². The smallest absolute Gasteiger partial charge is 0.187 e. The van der Waals surface area contributed by atoms with E-state index in [1.165, 1.54) is 24.4 Å². The highest BCUT2D eigenvalue weighted by atomic mass is 32.1. The first-order chi connectivity index (χ1) is 14.2. The number of nitrogens with one attached hydrogen (secondary N) is 2. The van der Waals surface area contributed by atoms with Gasteiger partial charge in [0.05, 0.1) is 11.8 Å². The third kappa shape index (κ3) is 4.19. The number of rotatable bonds is 5. The zero-order chi connectivity index (χ0) is 19.7. The van der Waals surface area contributed by atoms with Crippen LogP contribution in [0.1, 0.15) is 18.4 Å². The molecule has 1 aromatic carbocycles. The molecular weight excluding hydrogens is 382 g/mol. The lowest BCUT2D eigenvalue weighted by molar-refractivity contribution is 0.113. The lowest BCUT2D eigenvalue weighted by atomic mass is 9.67. The summed E-state index contributed by atoms with van der Waals surface area (Å²) >= 11 is 5.51. The van der Waals surface area contributed by atoms with Gasteiger partial charge < -0.3 is 19.9 Å². The molecule has 2 N–H and O–H groups in total. The summed E-state index contributed by atoms with van der Waals surface area (Å²) < 4.78 is 5.67. The van der Waals surface area contributed by atoms with Gasteiger partial charge in [-0.15, -0.1) is 0 Å². The minimum atomic E-state index is 0.0657. The molecule has 156 valence electrons. The van der Waals surface area contributed by atoms with E-state index in [0.717, 1.165) is 58.6 Å². The molecule has 3 atom stereocenters. The zero-order valence-electron chi connectivity index (χ0n) is 17.0. The first-order valence-corrected chi connectivity index (χ1v) is 11.3. The first-order valence-electron chi connectivity index (χ1n) is 10.9. The molecule has 0 radical (unpaired) electrons. The highest BCUT2D eigenvalue weighted by molar-refractivity contribution is 7.80. The Morgan fingerprint density at radius 1 is 1.17 bits per heavy atom. The second-order valence-electron chi connectivity index (χ2n) is 9.06. The van der Waals surface area contributed by atoms with E-state index in [1.807, 2.05) is 0 Å². The lowest BCUT2D eigenvalue weighted by Crippen LogP contribution is -2.62. The van der Waals surface area contributed by atoms with Crippen LogP contribution in [-0.2, 0) is 11.2 Å². The molecule has 0 saturated carbocycles. The quantitative estimate of drug-likeness (QED) is 0.563. The van der Waals surface area contributed by atoms with Crippen LogP contribution < -0.4 is 10.7 Å². The SMILES string of the molecule is S=C(NCC1CCCO1)N/N=C1\C2CN3CCN(C2)CC1(Cc1ccccc1)C3. The van der Waals surface area contributed by atoms with Gasteiger partial charge in [0.15, 0.2) is 5.11 Å². The van der Waals surface area contributed by atoms with Gasteiger partial charge in [-0.3, -0.25) is 5.43 Å². The molecule has 0 amide bonds. The Hall–Kier alpha value is -1.54. The first kappa shape index (κ1) is 19.4. The predicted octanol–water partition coefficient (Wildman–Crippen LogP) is 1.48. The van der Waals surface area contributed by atoms with E-state index in [1.54, 1.807) is 0 Å². The van der Waals surface area contributed by atoms with E-state index in [-0.39, 0.29) is 11.5 Å². The van der Waals surface area contributed by atoms with Crippen LogP contribution in [0.2, 0.25) is 0 Å². The Morgan fingerprint density at radius 2 is 1.93 bits per heavy atom. The van der Waals surface area contributed by atoms with Gasteiger partial charge in [-0.25, -0.2) is 0 Å². The highest BCUT2D eigenvalue weighted by Gasteiger charge is 2.52. The van der Waals surface area contributed by atoms with Crippen molar-refractivity contribution in [1.29, 1.82) is 0 Å². The highest BCUT2D eigenvalue weighted by Crippen LogP contribution is 2.40. The van der Waals surface area contributed by atoms with Gasteiger partial charge in [-0.2, -0.15) is 5.10 Å². The molecule has 6 rings (SSSR count). The molecule has 6 nitrogen and oxygen atoms in total. The van der Waals surface area contributed by atoms with E-state index in [0.29, 0.717) is 11.0 Å². The molecule has 5 aliphatic rings. The molecular formula is C22H31N5OS. The number of benzene rings is 1. The number of piperidine rings is 2. The second kappa shape index (κ2) is 8.30. The number of thiocarbonyl (C=S) groups is 1. The van der Waals surface area contributed by atoms with E-state index < -0.39 is 0 Å². The van der Waals surface area contributed by atoms with Crippen molar-refractivity contribution in [2.24, 2.45) is 16.4 Å². The number of fused-ring (bicyclic) bond motifs is 1. The van der Waals surface area contributed by atoms with E-state index in [9.17, 15) is 0 Å². The van der Waals surface area contributed by atoms with Gasteiger partial charge in [0.1, 0.15) is 0 Å². The molecule has 29 heavy (non-hydrogen) atoms. The van der Waals surface area contributed by atoms with Crippen molar-refractivity contribution in [3.8, 4) is 0 Å². The van der Waals surface area contributed by atoms with Crippen LogP contribution in [0.4, 0.5) is 0 Å². The zero-order valence-corrected chi connectivity index (χ0v) is 17.8. The number of hydrogen-bond acceptors (Lipinski definition) is 5. The summed E-state index contributed by atoms with van der Waals surface area (Å²) in [6.07, 6.45) is 3.56. The Balaban J connectivity index is 1.33. The van der Waals surface area contributed by atoms with Gasteiger partial charge in [0.2, 0.25) is 0 Å². The van der Waals surface area contributed by atoms with Crippen molar-refractivity contribution in [3.05, 3.63) is 35.9 Å². The van der Waals surface area contributed by atoms with Crippen LogP contribution in [0, 0.1) is 11.3 Å². The van der Waals surface area contributed by atoms with Crippen molar-refractivity contribution in [2.45, 2.75) is 25.4 Å². The summed E-state index contributed by atoms with van der Waals surface area (Å²) in [5.41, 5.74) is 5.96. The molecule has 0 spiro atoms. The Labute approximate surface area is 178 Å². The fourth-order valence-corrected chi connectivity index (χ4v) is 5.80. The summed E-state index contributed by atoms with van der Waals surface area (Å²) in [7, 11) is 0. The molecule has 5 saturated heterocycles. The number of hydrazone groups is 1. The van der Waals surface area contributed by atoms with Gasteiger partial charge >= 0.3 is 0 Å². The third-order valence-corrected chi connectivity index (χ3v) is 7.09. The maximum absolute atomic E-state index is 5.67. The Morgan fingerprint density at radius 3 is 2.62 bits per heavy atom. The fraction of sp³-hybridized carbons (Fsp3) is 0.636. The molecule has 1 aromatic rings. The molecule has 0 aliphatic carbocycles. The monoisotopic (exact) mass is 413 g/mol. The van der Waals surface area contributed by atoms with E-state index >= 15 is 0 Å². The molecule has 0 aromatic heterocycles. The summed E-state index contributed by atoms with van der Waals surface area (Å²) in [6.45, 7) is 8.39. The molecule has 5 heterocycles. The fourth-order valence-electron chi connectivity index (χ4n) is 5.67. The molecule has 5 aliphatic heterocycles. The summed E-state index contributed by atoms with van der Waals surface area (Å²) in [5, 5.41) is 8.84. The molecule has 3 unspecified atom stereocenters. The molecule has 7 heteroatoms. The summed E-state index contributed by atoms with van der Waals surface area (Å²) in [5.74, 6) is 0.483. The third-order valence-electron chi connectivity index (χ3n) is 6.85. The molecule has 5 fully saturated rings. The van der Waals surface area contributed by atoms with E-state index in [4.69, 9.17) is 22.1 Å². The topological polar surface area (TPSA) is 52.1 Å². The van der Waals surface area contributed by atoms with Crippen molar-refractivity contribution in [1.82, 2.24) is 20.5 Å². The summed E-state index contributed by atoms with van der Waals surface area (Å²) in [4.78, 5) is 5.29. The minimum Gasteiger partial charge on any atom is -0.376 e. The standard InChI is InChI=1S/C22H31N5OS/c29-21(23-12-19-7-4-10-28-19)25-24-20-18-13-26-8-9-27(14-18)16-22(20,15-26)11-17-5-2-1-3-6-17/h1-3,5-6,18-19H,4,7-16H2,(H2,23,25,29)/b24-20+. The van der Waals surface area contributed by atoms with Gasteiger partial charge in [0.25, 0.3) is 0 Å². The number of hydrogen-bond donors (Lipinski definition) is 2. The predicted molar refractivity (Wildman–Crippen MR) is 119 cm³/mol. The van der Waals surface area contributed by atoms with Crippen LogP contribution in [0.15, 0.2) is 35.4 Å². The lowest BCUT2D eigenvalue weighted by Gasteiger charge is -2.50. The van der Waals surface area contributed by atoms with Crippen LogP contribution >= 0.6 is 12.2 Å². The van der Waals surface area contributed by atoms with Gasteiger partial charge in [-0.05, 0) is 37.0 Å². The van der Waals surface area contributed by atoms with Crippen LogP contribution in [0.3, 0.4) is 0 Å². The average Bonchev–Trinajstić information content (AvgIpc) is 3.13. The van der Waals surface area contributed by atoms with Crippen LogP contribution in [0.5, 0.6) is 0 Å². The summed E-state index contributed by atoms with van der Waals surface area (Å²) in [6, 6.07) is 10.9. The van der Waals surface area contributed by atoms with Crippen LogP contribution in [-0.4, -0.2) is 79.1 Å². The van der Waals surface area contributed by atoms with Crippen molar-refractivity contribution >= 4 is 23.0 Å². The second-order valence-corrected chi connectivity index (χ2v) is 9.47. The largest absolute Gasteiger partial charge is 0.376 e. The van der Waals surface area contributed by atoms with Crippen molar-refractivity contribution < 1.29 is 4.74 Å². The number of ether oxygens (including phenoxy) is 1.